The summed E-state index contributed by atoms with van der Waals surface area (Å²) in [7, 11) is 1.61. The molecule has 18 heavy (non-hydrogen) atoms. The van der Waals surface area contributed by atoms with E-state index in [1.54, 1.807) is 25.2 Å². The van der Waals surface area contributed by atoms with Gasteiger partial charge in [0.25, 0.3) is 0 Å². The van der Waals surface area contributed by atoms with Gasteiger partial charge in [0.15, 0.2) is 0 Å². The quantitative estimate of drug-likeness (QED) is 0.872. The van der Waals surface area contributed by atoms with Crippen LogP contribution in [0.25, 0.3) is 0 Å². The fourth-order valence-electron chi connectivity index (χ4n) is 2.03. The van der Waals surface area contributed by atoms with Crippen LogP contribution in [0.1, 0.15) is 18.4 Å². The summed E-state index contributed by atoms with van der Waals surface area (Å²) in [5.74, 6) is -0.607. The number of likely N-dealkylation sites (N-methyl/N-ethyl adjacent to an activating group) is 1. The number of rotatable bonds is 3. The molecule has 1 N–H and O–H groups in total. The van der Waals surface area contributed by atoms with E-state index >= 15 is 0 Å². The Balaban J connectivity index is 2.00. The number of halogens is 1. The van der Waals surface area contributed by atoms with Crippen LogP contribution in [0.4, 0.5) is 4.39 Å². The van der Waals surface area contributed by atoms with Gasteiger partial charge in [-0.1, -0.05) is 18.2 Å². The maximum atomic E-state index is 13.4. The van der Waals surface area contributed by atoms with E-state index in [1.165, 1.54) is 11.0 Å². The molecule has 4 nitrogen and oxygen atoms in total. The lowest BCUT2D eigenvalue weighted by Gasteiger charge is -2.21. The van der Waals surface area contributed by atoms with E-state index in [0.717, 1.165) is 0 Å². The minimum atomic E-state index is -0.464. The van der Waals surface area contributed by atoms with E-state index < -0.39 is 6.04 Å². The molecule has 5 heteroatoms. The molecule has 1 aliphatic heterocycles. The average Bonchev–Trinajstić information content (AvgIpc) is 2.78. The fraction of sp³-hybridized carbons (Fsp3) is 0.385. The lowest BCUT2D eigenvalue weighted by Crippen LogP contribution is -2.42. The van der Waals surface area contributed by atoms with Crippen LogP contribution in [-0.4, -0.2) is 29.8 Å². The molecule has 0 radical (unpaired) electrons. The Bertz CT molecular complexity index is 476. The van der Waals surface area contributed by atoms with E-state index in [2.05, 4.69) is 5.32 Å². The van der Waals surface area contributed by atoms with E-state index in [1.807, 2.05) is 0 Å². The molecule has 0 aromatic heterocycles. The second kappa shape index (κ2) is 5.16. The highest BCUT2D eigenvalue weighted by molar-refractivity contribution is 5.90. The highest BCUT2D eigenvalue weighted by Crippen LogP contribution is 2.13. The van der Waals surface area contributed by atoms with Gasteiger partial charge in [-0.3, -0.25) is 9.59 Å². The number of carbonyl (C=O) groups excluding carboxylic acids is 2. The Labute approximate surface area is 105 Å². The van der Waals surface area contributed by atoms with Crippen LogP contribution < -0.4 is 5.32 Å². The zero-order chi connectivity index (χ0) is 13.1. The van der Waals surface area contributed by atoms with Gasteiger partial charge >= 0.3 is 0 Å². The summed E-state index contributed by atoms with van der Waals surface area (Å²) in [5.41, 5.74) is 0.470. The lowest BCUT2D eigenvalue weighted by atomic mass is 10.1. The van der Waals surface area contributed by atoms with Crippen molar-refractivity contribution in [2.45, 2.75) is 25.4 Å². The number of benzene rings is 1. The SMILES string of the molecule is CN(Cc1ccccc1F)C(=O)C1CCC(=O)N1. The first-order chi connectivity index (χ1) is 8.58. The van der Waals surface area contributed by atoms with Crippen molar-refractivity contribution in [3.63, 3.8) is 0 Å². The van der Waals surface area contributed by atoms with E-state index in [9.17, 15) is 14.0 Å². The molecule has 1 atom stereocenters. The van der Waals surface area contributed by atoms with Crippen molar-refractivity contribution in [2.24, 2.45) is 0 Å². The number of hydrogen-bond donors (Lipinski definition) is 1. The van der Waals surface area contributed by atoms with Crippen molar-refractivity contribution in [3.8, 4) is 0 Å². The van der Waals surface area contributed by atoms with Gasteiger partial charge in [0.1, 0.15) is 11.9 Å². The van der Waals surface area contributed by atoms with Gasteiger partial charge in [0, 0.05) is 25.6 Å². The molecule has 2 rings (SSSR count). The van der Waals surface area contributed by atoms with Crippen LogP contribution in [0.2, 0.25) is 0 Å². The van der Waals surface area contributed by atoms with Crippen molar-refractivity contribution in [1.82, 2.24) is 10.2 Å². The van der Waals surface area contributed by atoms with Crippen LogP contribution in [0.15, 0.2) is 24.3 Å². The second-order valence-corrected chi connectivity index (χ2v) is 4.44. The molecule has 1 aromatic carbocycles. The minimum Gasteiger partial charge on any atom is -0.344 e. The highest BCUT2D eigenvalue weighted by atomic mass is 19.1. The predicted molar refractivity (Wildman–Crippen MR) is 64.0 cm³/mol. The summed E-state index contributed by atoms with van der Waals surface area (Å²) in [6, 6.07) is 5.89. The summed E-state index contributed by atoms with van der Waals surface area (Å²) in [4.78, 5) is 24.5. The largest absolute Gasteiger partial charge is 0.344 e. The standard InChI is InChI=1S/C13H15FN2O2/c1-16(8-9-4-2-3-5-10(9)14)13(18)11-6-7-12(17)15-11/h2-5,11H,6-8H2,1H3,(H,15,17). The number of hydrogen-bond acceptors (Lipinski definition) is 2. The Morgan fingerprint density at radius 2 is 2.22 bits per heavy atom. The lowest BCUT2D eigenvalue weighted by molar-refractivity contribution is -0.133. The van der Waals surface area contributed by atoms with Gasteiger partial charge in [0.2, 0.25) is 11.8 Å². The van der Waals surface area contributed by atoms with E-state index in [4.69, 9.17) is 0 Å². The zero-order valence-corrected chi connectivity index (χ0v) is 10.1. The molecule has 0 spiro atoms. The summed E-state index contributed by atoms with van der Waals surface area (Å²) < 4.78 is 13.4. The number of nitrogens with zero attached hydrogens (tertiary/aromatic N) is 1. The molecule has 0 aliphatic carbocycles. The molecule has 1 saturated heterocycles. The van der Waals surface area contributed by atoms with Crippen LogP contribution in [-0.2, 0) is 16.1 Å². The van der Waals surface area contributed by atoms with Gasteiger partial charge in [-0.25, -0.2) is 4.39 Å². The first-order valence-corrected chi connectivity index (χ1v) is 5.85. The number of carbonyl (C=O) groups is 2. The maximum Gasteiger partial charge on any atom is 0.245 e. The molecule has 96 valence electrons. The Morgan fingerprint density at radius 1 is 1.50 bits per heavy atom. The van der Waals surface area contributed by atoms with Crippen molar-refractivity contribution >= 4 is 11.8 Å². The first-order valence-electron chi connectivity index (χ1n) is 5.85. The predicted octanol–water partition coefficient (Wildman–Crippen LogP) is 1.06. The zero-order valence-electron chi connectivity index (χ0n) is 10.1. The van der Waals surface area contributed by atoms with Gasteiger partial charge in [0.05, 0.1) is 0 Å². The Kier molecular flexibility index (Phi) is 3.60. The Hall–Kier alpha value is -1.91. The topological polar surface area (TPSA) is 49.4 Å². The van der Waals surface area contributed by atoms with Crippen molar-refractivity contribution < 1.29 is 14.0 Å². The smallest absolute Gasteiger partial charge is 0.245 e. The molecule has 1 heterocycles. The molecule has 1 fully saturated rings. The number of amides is 2. The fourth-order valence-corrected chi connectivity index (χ4v) is 2.03. The van der Waals surface area contributed by atoms with Gasteiger partial charge in [-0.15, -0.1) is 0 Å². The van der Waals surface area contributed by atoms with Gasteiger partial charge in [-0.2, -0.15) is 0 Å². The molecule has 2 amide bonds. The normalized spacial score (nSPS) is 18.6. The summed E-state index contributed by atoms with van der Waals surface area (Å²) in [5, 5.41) is 2.61. The molecule has 0 saturated carbocycles. The molecule has 1 aromatic rings. The second-order valence-electron chi connectivity index (χ2n) is 4.44. The third kappa shape index (κ3) is 2.67. The number of nitrogens with one attached hydrogen (secondary N) is 1. The minimum absolute atomic E-state index is 0.104. The summed E-state index contributed by atoms with van der Waals surface area (Å²) >= 11 is 0. The maximum absolute atomic E-state index is 13.4. The van der Waals surface area contributed by atoms with Crippen LogP contribution in [0.3, 0.4) is 0 Å². The molecular formula is C13H15FN2O2. The average molecular weight is 250 g/mol. The highest BCUT2D eigenvalue weighted by Gasteiger charge is 2.29. The van der Waals surface area contributed by atoms with Crippen LogP contribution >= 0.6 is 0 Å². The molecular weight excluding hydrogens is 235 g/mol. The van der Waals surface area contributed by atoms with E-state index in [0.29, 0.717) is 18.4 Å². The Morgan fingerprint density at radius 3 is 2.83 bits per heavy atom. The van der Waals surface area contributed by atoms with E-state index in [-0.39, 0.29) is 24.2 Å². The van der Waals surface area contributed by atoms with Crippen molar-refractivity contribution in [3.05, 3.63) is 35.6 Å². The van der Waals surface area contributed by atoms with Crippen molar-refractivity contribution in [1.29, 1.82) is 0 Å². The summed E-state index contributed by atoms with van der Waals surface area (Å²) in [6.07, 6.45) is 0.892. The van der Waals surface area contributed by atoms with Crippen molar-refractivity contribution in [2.75, 3.05) is 7.05 Å². The van der Waals surface area contributed by atoms with Gasteiger partial charge in [-0.05, 0) is 12.5 Å². The first kappa shape index (κ1) is 12.5. The van der Waals surface area contributed by atoms with Crippen LogP contribution in [0.5, 0.6) is 0 Å². The van der Waals surface area contributed by atoms with Crippen LogP contribution in [0, 0.1) is 5.82 Å². The third-order valence-electron chi connectivity index (χ3n) is 3.03. The third-order valence-corrected chi connectivity index (χ3v) is 3.03. The molecule has 0 bridgehead atoms. The summed E-state index contributed by atoms with van der Waals surface area (Å²) in [6.45, 7) is 0.206. The molecule has 1 unspecified atom stereocenters. The monoisotopic (exact) mass is 250 g/mol. The van der Waals surface area contributed by atoms with Gasteiger partial charge < -0.3 is 10.2 Å². The molecule has 1 aliphatic rings.